The lowest BCUT2D eigenvalue weighted by molar-refractivity contribution is -0.0493. The lowest BCUT2D eigenvalue weighted by Crippen LogP contribution is -2.09. The summed E-state index contributed by atoms with van der Waals surface area (Å²) in [6, 6.07) is 10.7. The highest BCUT2D eigenvalue weighted by atomic mass is 19.3. The molecule has 108 valence electrons. The lowest BCUT2D eigenvalue weighted by atomic mass is 10.3. The maximum absolute atomic E-state index is 12.3. The predicted molar refractivity (Wildman–Crippen MR) is 75.1 cm³/mol. The number of alkyl halides is 2. The van der Waals surface area contributed by atoms with Gasteiger partial charge < -0.3 is 14.6 Å². The van der Waals surface area contributed by atoms with Crippen LogP contribution < -0.4 is 10.1 Å². The first-order chi connectivity index (χ1) is 9.70. The van der Waals surface area contributed by atoms with Crippen LogP contribution in [0.1, 0.15) is 19.0 Å². The second-order valence-electron chi connectivity index (χ2n) is 4.42. The number of halogens is 2. The van der Waals surface area contributed by atoms with Gasteiger partial charge >= 0.3 is 6.61 Å². The van der Waals surface area contributed by atoms with Crippen molar-refractivity contribution in [1.29, 1.82) is 0 Å². The summed E-state index contributed by atoms with van der Waals surface area (Å²) < 4.78 is 31.3. The molecule has 0 spiro atoms. The van der Waals surface area contributed by atoms with Gasteiger partial charge in [0.1, 0.15) is 5.75 Å². The Bertz CT molecular complexity index is 540. The highest BCUT2D eigenvalue weighted by Crippen LogP contribution is 2.26. The van der Waals surface area contributed by atoms with Crippen molar-refractivity contribution in [2.45, 2.75) is 33.0 Å². The summed E-state index contributed by atoms with van der Waals surface area (Å²) in [6.45, 7) is 0.806. The molecule has 2 aromatic rings. The molecule has 0 bridgehead atoms. The van der Waals surface area contributed by atoms with Gasteiger partial charge in [-0.2, -0.15) is 8.78 Å². The Morgan fingerprint density at radius 2 is 2.00 bits per heavy atom. The fourth-order valence-corrected chi connectivity index (χ4v) is 2.07. The third-order valence-corrected chi connectivity index (χ3v) is 2.95. The van der Waals surface area contributed by atoms with E-state index in [-0.39, 0.29) is 5.75 Å². The van der Waals surface area contributed by atoms with Gasteiger partial charge in [-0.3, -0.25) is 0 Å². The highest BCUT2D eigenvalue weighted by molar-refractivity contribution is 5.56. The maximum Gasteiger partial charge on any atom is 0.387 e. The molecule has 0 saturated carbocycles. The zero-order valence-electron chi connectivity index (χ0n) is 11.4. The molecule has 0 unspecified atom stereocenters. The molecule has 1 heterocycles. The molecule has 0 aliphatic heterocycles. The van der Waals surface area contributed by atoms with E-state index in [4.69, 9.17) is 0 Å². The number of rotatable bonds is 7. The summed E-state index contributed by atoms with van der Waals surface area (Å²) in [7, 11) is 0. The molecule has 1 N–H and O–H groups in total. The van der Waals surface area contributed by atoms with E-state index >= 15 is 0 Å². The van der Waals surface area contributed by atoms with Gasteiger partial charge in [-0.05, 0) is 30.7 Å². The van der Waals surface area contributed by atoms with E-state index in [1.54, 1.807) is 18.2 Å². The molecule has 1 aromatic carbocycles. The summed E-state index contributed by atoms with van der Waals surface area (Å²) in [5.74, 6) is 0.163. The third-order valence-electron chi connectivity index (χ3n) is 2.95. The molecular formula is C15H18F2N2O. The Kier molecular flexibility index (Phi) is 4.98. The summed E-state index contributed by atoms with van der Waals surface area (Å²) >= 11 is 0. The van der Waals surface area contributed by atoms with Crippen molar-refractivity contribution in [3.63, 3.8) is 0 Å². The molecule has 5 heteroatoms. The third kappa shape index (κ3) is 3.73. The van der Waals surface area contributed by atoms with Gasteiger partial charge in [-0.1, -0.05) is 19.1 Å². The molecule has 20 heavy (non-hydrogen) atoms. The second-order valence-corrected chi connectivity index (χ2v) is 4.42. The van der Waals surface area contributed by atoms with Crippen molar-refractivity contribution in [3.05, 3.63) is 48.3 Å². The number of ether oxygens (including phenoxy) is 1. The SMILES string of the molecule is CCCn1cccc1CNc1ccccc1OC(F)F. The van der Waals surface area contributed by atoms with Crippen LogP contribution in [0.15, 0.2) is 42.6 Å². The first kappa shape index (κ1) is 14.4. The standard InChI is InChI=1S/C15H18F2N2O/c1-2-9-19-10-5-6-12(19)11-18-13-7-3-4-8-14(13)20-15(16)17/h3-8,10,15,18H,2,9,11H2,1H3. The number of hydrogen-bond acceptors (Lipinski definition) is 2. The number of para-hydroxylation sites is 2. The minimum atomic E-state index is -2.82. The van der Waals surface area contributed by atoms with Crippen LogP contribution in [0.3, 0.4) is 0 Å². The topological polar surface area (TPSA) is 26.2 Å². The first-order valence-corrected chi connectivity index (χ1v) is 6.62. The van der Waals surface area contributed by atoms with Crippen molar-refractivity contribution in [1.82, 2.24) is 4.57 Å². The van der Waals surface area contributed by atoms with Gasteiger partial charge in [0, 0.05) is 18.4 Å². The van der Waals surface area contributed by atoms with Crippen molar-refractivity contribution < 1.29 is 13.5 Å². The van der Waals surface area contributed by atoms with E-state index in [0.717, 1.165) is 18.7 Å². The van der Waals surface area contributed by atoms with Gasteiger partial charge in [-0.25, -0.2) is 0 Å². The van der Waals surface area contributed by atoms with Crippen LogP contribution in [0.2, 0.25) is 0 Å². The monoisotopic (exact) mass is 280 g/mol. The quantitative estimate of drug-likeness (QED) is 0.826. The number of aromatic nitrogens is 1. The van der Waals surface area contributed by atoms with Crippen LogP contribution in [0.5, 0.6) is 5.75 Å². The van der Waals surface area contributed by atoms with Gasteiger partial charge in [0.15, 0.2) is 0 Å². The summed E-state index contributed by atoms with van der Waals surface area (Å²) in [5.41, 5.74) is 1.68. The average Bonchev–Trinajstić information content (AvgIpc) is 2.85. The Morgan fingerprint density at radius 3 is 2.75 bits per heavy atom. The van der Waals surface area contributed by atoms with Crippen LogP contribution >= 0.6 is 0 Å². The number of aryl methyl sites for hydroxylation is 1. The van der Waals surface area contributed by atoms with E-state index in [1.165, 1.54) is 6.07 Å². The zero-order valence-corrected chi connectivity index (χ0v) is 11.4. The Hall–Kier alpha value is -2.04. The number of anilines is 1. The fraction of sp³-hybridized carbons (Fsp3) is 0.333. The largest absolute Gasteiger partial charge is 0.433 e. The van der Waals surface area contributed by atoms with Crippen molar-refractivity contribution >= 4 is 5.69 Å². The minimum absolute atomic E-state index is 0.163. The van der Waals surface area contributed by atoms with Crippen molar-refractivity contribution in [2.24, 2.45) is 0 Å². The molecular weight excluding hydrogens is 262 g/mol. The number of nitrogens with one attached hydrogen (secondary N) is 1. The van der Waals surface area contributed by atoms with E-state index in [2.05, 4.69) is 21.5 Å². The fourth-order valence-electron chi connectivity index (χ4n) is 2.07. The van der Waals surface area contributed by atoms with E-state index < -0.39 is 6.61 Å². The van der Waals surface area contributed by atoms with Crippen molar-refractivity contribution in [2.75, 3.05) is 5.32 Å². The molecule has 0 amide bonds. The van der Waals surface area contributed by atoms with Crippen LogP contribution in [0, 0.1) is 0 Å². The molecule has 0 aliphatic carbocycles. The summed E-state index contributed by atoms with van der Waals surface area (Å²) in [4.78, 5) is 0. The van der Waals surface area contributed by atoms with Gasteiger partial charge in [-0.15, -0.1) is 0 Å². The predicted octanol–water partition coefficient (Wildman–Crippen LogP) is 4.11. The number of hydrogen-bond donors (Lipinski definition) is 1. The average molecular weight is 280 g/mol. The van der Waals surface area contributed by atoms with E-state index in [9.17, 15) is 8.78 Å². The molecule has 0 aliphatic rings. The number of nitrogens with zero attached hydrogens (tertiary/aromatic N) is 1. The maximum atomic E-state index is 12.3. The van der Waals surface area contributed by atoms with Crippen LogP contribution in [-0.4, -0.2) is 11.2 Å². The van der Waals surface area contributed by atoms with Gasteiger partial charge in [0.05, 0.1) is 12.2 Å². The van der Waals surface area contributed by atoms with Crippen molar-refractivity contribution in [3.8, 4) is 5.75 Å². The summed E-state index contributed by atoms with van der Waals surface area (Å²) in [6.07, 6.45) is 3.06. The first-order valence-electron chi connectivity index (χ1n) is 6.62. The summed E-state index contributed by atoms with van der Waals surface area (Å²) in [5, 5.41) is 3.14. The second kappa shape index (κ2) is 6.93. The molecule has 0 fully saturated rings. The Balaban J connectivity index is 2.05. The molecule has 3 nitrogen and oxygen atoms in total. The minimum Gasteiger partial charge on any atom is -0.433 e. The smallest absolute Gasteiger partial charge is 0.387 e. The van der Waals surface area contributed by atoms with Crippen LogP contribution in [0.4, 0.5) is 14.5 Å². The van der Waals surface area contributed by atoms with Gasteiger partial charge in [0.25, 0.3) is 0 Å². The molecule has 1 aromatic heterocycles. The van der Waals surface area contributed by atoms with Crippen LogP contribution in [-0.2, 0) is 13.1 Å². The molecule has 0 saturated heterocycles. The zero-order chi connectivity index (χ0) is 14.4. The van der Waals surface area contributed by atoms with E-state index in [1.807, 2.05) is 18.3 Å². The molecule has 0 atom stereocenters. The highest BCUT2D eigenvalue weighted by Gasteiger charge is 2.09. The Morgan fingerprint density at radius 1 is 1.20 bits per heavy atom. The van der Waals surface area contributed by atoms with E-state index in [0.29, 0.717) is 12.2 Å². The van der Waals surface area contributed by atoms with Crippen LogP contribution in [0.25, 0.3) is 0 Å². The Labute approximate surface area is 117 Å². The normalized spacial score (nSPS) is 10.8. The number of benzene rings is 1. The lowest BCUT2D eigenvalue weighted by Gasteiger charge is -2.13. The molecule has 2 rings (SSSR count). The van der Waals surface area contributed by atoms with Gasteiger partial charge in [0.2, 0.25) is 0 Å². The molecule has 0 radical (unpaired) electrons.